The highest BCUT2D eigenvalue weighted by Crippen LogP contribution is 2.36. The van der Waals surface area contributed by atoms with Crippen LogP contribution in [0.5, 0.6) is 11.5 Å². The maximum atomic E-state index is 13.6. The number of ether oxygens (including phenoxy) is 3. The van der Waals surface area contributed by atoms with Gasteiger partial charge >= 0.3 is 11.9 Å². The van der Waals surface area contributed by atoms with Crippen molar-refractivity contribution in [1.29, 1.82) is 0 Å². The number of fused-ring (bicyclic) bond motifs is 2. The fourth-order valence-electron chi connectivity index (χ4n) is 8.14. The zero-order valence-corrected chi connectivity index (χ0v) is 35.7. The van der Waals surface area contributed by atoms with Gasteiger partial charge in [0.15, 0.2) is 17.5 Å². The molecule has 0 spiro atoms. The predicted molar refractivity (Wildman–Crippen MR) is 233 cm³/mol. The second kappa shape index (κ2) is 19.6. The van der Waals surface area contributed by atoms with Crippen molar-refractivity contribution in [1.82, 2.24) is 15.0 Å². The summed E-state index contributed by atoms with van der Waals surface area (Å²) in [6, 6.07) is 17.6. The molecule has 3 aromatic heterocycles. The SMILES string of the molecule is CNC(O)(CCO)C(C(=O)O)C(=O)OC(O)(CO)C1OC(Oc2ccc3c(=O)c(-c4ccc(O)cc4)coc3c2)C(On2cc3cc[nH]c3c2-c2cc(C)cc(CCCCO)c2)C(O)C1O. The third kappa shape index (κ3) is 9.49. The van der Waals surface area contributed by atoms with E-state index in [0.717, 1.165) is 24.6 Å². The summed E-state index contributed by atoms with van der Waals surface area (Å²) in [7, 11) is 1.10. The number of aromatic hydroxyl groups is 1. The molecule has 6 aromatic rings. The first kappa shape index (κ1) is 47.6. The molecule has 1 aliphatic heterocycles. The van der Waals surface area contributed by atoms with Crippen molar-refractivity contribution < 1.29 is 79.0 Å². The summed E-state index contributed by atoms with van der Waals surface area (Å²) in [5.74, 6) is -9.71. The van der Waals surface area contributed by atoms with E-state index >= 15 is 0 Å². The van der Waals surface area contributed by atoms with Gasteiger partial charge in [-0.25, -0.2) is 0 Å². The molecule has 11 N–H and O–H groups in total. The molecule has 352 valence electrons. The number of rotatable bonds is 19. The van der Waals surface area contributed by atoms with E-state index in [9.17, 15) is 60.3 Å². The number of aliphatic hydroxyl groups excluding tert-OH is 5. The average molecular weight is 918 g/mol. The lowest BCUT2D eigenvalue weighted by atomic mass is 9.91. The smallest absolute Gasteiger partial charge is 0.327 e. The largest absolute Gasteiger partial charge is 0.508 e. The average Bonchev–Trinajstić information content (AvgIpc) is 3.88. The third-order valence-electron chi connectivity index (χ3n) is 11.6. The molecule has 3 aromatic carbocycles. The maximum Gasteiger partial charge on any atom is 0.327 e. The second-order valence-corrected chi connectivity index (χ2v) is 16.1. The number of carbonyl (C=O) groups excluding carboxylic acids is 1. The Kier molecular flexibility index (Phi) is 14.2. The van der Waals surface area contributed by atoms with Crippen LogP contribution in [0, 0.1) is 12.8 Å². The van der Waals surface area contributed by atoms with Crippen molar-refractivity contribution in [2.75, 3.05) is 26.9 Å². The highest BCUT2D eigenvalue weighted by molar-refractivity contribution is 5.96. The number of hydrogen-bond donors (Lipinski definition) is 11. The Bertz CT molecular complexity index is 2730. The molecule has 0 amide bonds. The minimum Gasteiger partial charge on any atom is -0.508 e. The van der Waals surface area contributed by atoms with Gasteiger partial charge in [-0.2, -0.15) is 4.73 Å². The Morgan fingerprint density at radius 1 is 0.955 bits per heavy atom. The summed E-state index contributed by atoms with van der Waals surface area (Å²) in [6.07, 6.45) is -4.52. The molecule has 0 bridgehead atoms. The van der Waals surface area contributed by atoms with Crippen molar-refractivity contribution in [2.45, 2.75) is 74.8 Å². The number of aromatic nitrogens is 2. The molecule has 66 heavy (non-hydrogen) atoms. The highest BCUT2D eigenvalue weighted by Gasteiger charge is 2.59. The number of esters is 1. The van der Waals surface area contributed by atoms with Crippen LogP contribution in [0.4, 0.5) is 0 Å². The third-order valence-corrected chi connectivity index (χ3v) is 11.6. The number of hydrogen-bond acceptors (Lipinski definition) is 17. The Morgan fingerprint density at radius 3 is 2.39 bits per heavy atom. The van der Waals surface area contributed by atoms with E-state index in [4.69, 9.17) is 23.5 Å². The van der Waals surface area contributed by atoms with Crippen LogP contribution in [-0.4, -0.2) is 137 Å². The van der Waals surface area contributed by atoms with Crippen molar-refractivity contribution in [2.24, 2.45) is 5.92 Å². The minimum atomic E-state index is -3.34. The molecule has 4 heterocycles. The molecule has 20 nitrogen and oxygen atoms in total. The van der Waals surface area contributed by atoms with Crippen LogP contribution in [0.3, 0.4) is 0 Å². The van der Waals surface area contributed by atoms with Gasteiger partial charge in [-0.15, -0.1) is 0 Å². The molecule has 0 saturated carbocycles. The monoisotopic (exact) mass is 917 g/mol. The van der Waals surface area contributed by atoms with E-state index in [1.165, 1.54) is 41.3 Å². The van der Waals surface area contributed by atoms with E-state index in [1.807, 2.05) is 25.1 Å². The van der Waals surface area contributed by atoms with Crippen LogP contribution in [0.15, 0.2) is 94.6 Å². The van der Waals surface area contributed by atoms with E-state index in [-0.39, 0.29) is 34.6 Å². The van der Waals surface area contributed by atoms with Crippen molar-refractivity contribution in [3.8, 4) is 33.9 Å². The molecular formula is C46H51N3O17. The lowest BCUT2D eigenvalue weighted by molar-refractivity contribution is -0.356. The fraction of sp³-hybridized carbons (Fsp3) is 0.370. The molecule has 0 aliphatic carbocycles. The molecule has 20 heteroatoms. The zero-order valence-electron chi connectivity index (χ0n) is 35.7. The number of aliphatic hydroxyl groups is 7. The maximum absolute atomic E-state index is 13.6. The molecular weight excluding hydrogens is 867 g/mol. The van der Waals surface area contributed by atoms with E-state index in [2.05, 4.69) is 10.3 Å². The topological polar surface area (TPSA) is 316 Å². The van der Waals surface area contributed by atoms with Gasteiger partial charge in [0.2, 0.25) is 12.4 Å². The first-order chi connectivity index (χ1) is 31.5. The minimum absolute atomic E-state index is 0.00269. The van der Waals surface area contributed by atoms with Crippen LogP contribution in [-0.2, 0) is 25.5 Å². The lowest BCUT2D eigenvalue weighted by Gasteiger charge is -2.46. The number of carbonyl (C=O) groups is 2. The molecule has 1 aliphatic rings. The summed E-state index contributed by atoms with van der Waals surface area (Å²) >= 11 is 0. The lowest BCUT2D eigenvalue weighted by Crippen LogP contribution is -2.69. The van der Waals surface area contributed by atoms with Crippen LogP contribution >= 0.6 is 0 Å². The Morgan fingerprint density at radius 2 is 1.71 bits per heavy atom. The van der Waals surface area contributed by atoms with Crippen molar-refractivity contribution in [3.63, 3.8) is 0 Å². The van der Waals surface area contributed by atoms with Crippen LogP contribution in [0.2, 0.25) is 0 Å². The van der Waals surface area contributed by atoms with Gasteiger partial charge in [0.05, 0.1) is 22.7 Å². The van der Waals surface area contributed by atoms with Crippen LogP contribution in [0.1, 0.15) is 30.4 Å². The van der Waals surface area contributed by atoms with Gasteiger partial charge < -0.3 is 74.4 Å². The van der Waals surface area contributed by atoms with E-state index in [0.29, 0.717) is 40.6 Å². The second-order valence-electron chi connectivity index (χ2n) is 16.1. The molecule has 1 fully saturated rings. The number of aliphatic carboxylic acids is 1. The summed E-state index contributed by atoms with van der Waals surface area (Å²) in [5, 5.41) is 98.5. The number of carboxylic acid groups (broad SMARTS) is 1. The Labute approximate surface area is 375 Å². The van der Waals surface area contributed by atoms with E-state index < -0.39 is 85.1 Å². The van der Waals surface area contributed by atoms with Gasteiger partial charge in [0.1, 0.15) is 53.6 Å². The standard InChI is InChI=1S/C46H51N3O17/c1-24-17-25(5-3-4-15-50)19-28(18-24)36-35-27(12-14-48-35)21-49(36)66-40-38(55)39(56)41(46(61,23-52)65-43(59)34(42(57)58)45(60,47-2)13-16-51)64-44(40)63-30-10-11-31-33(20-30)62-22-32(37(31)54)26-6-8-29(53)9-7-26/h6-12,14,17-22,34,38-41,44,47-48,50-53,55-56,60-61H,3-5,13,15-16,23H2,1-2H3,(H,57,58). The number of benzene rings is 3. The first-order valence-corrected chi connectivity index (χ1v) is 21.0. The normalized spacial score (nSPS) is 21.0. The summed E-state index contributed by atoms with van der Waals surface area (Å²) in [5.41, 5.74) is 1.29. The molecule has 8 unspecified atom stereocenters. The number of H-pyrrole nitrogens is 1. The predicted octanol–water partition coefficient (Wildman–Crippen LogP) is 1.28. The number of carboxylic acids is 1. The van der Waals surface area contributed by atoms with Crippen molar-refractivity contribution in [3.05, 3.63) is 107 Å². The summed E-state index contributed by atoms with van der Waals surface area (Å²) in [6.45, 7) is -0.388. The van der Waals surface area contributed by atoms with Crippen LogP contribution in [0.25, 0.3) is 44.3 Å². The number of aryl methyl sites for hydroxylation is 2. The van der Waals surface area contributed by atoms with Gasteiger partial charge in [-0.05, 0) is 86.8 Å². The molecule has 0 radical (unpaired) electrons. The number of nitrogens with zero attached hydrogens (tertiary/aromatic N) is 1. The first-order valence-electron chi connectivity index (χ1n) is 21.0. The van der Waals surface area contributed by atoms with Gasteiger partial charge in [0.25, 0.3) is 5.79 Å². The highest BCUT2D eigenvalue weighted by atomic mass is 16.8. The van der Waals surface area contributed by atoms with E-state index in [1.54, 1.807) is 30.6 Å². The van der Waals surface area contributed by atoms with Gasteiger partial charge in [-0.1, -0.05) is 23.8 Å². The van der Waals surface area contributed by atoms with Crippen LogP contribution < -0.4 is 20.3 Å². The van der Waals surface area contributed by atoms with Crippen molar-refractivity contribution >= 4 is 33.8 Å². The summed E-state index contributed by atoms with van der Waals surface area (Å²) in [4.78, 5) is 49.1. The quantitative estimate of drug-likeness (QED) is 0.0236. The Hall–Kier alpha value is -6.33. The molecule has 7 rings (SSSR count). The van der Waals surface area contributed by atoms with Gasteiger partial charge in [0, 0.05) is 42.8 Å². The number of phenolic OH excluding ortho intramolecular Hbond substituents is 1. The molecule has 8 atom stereocenters. The number of nitrogens with one attached hydrogen (secondary N) is 2. The number of phenols is 1. The molecule has 1 saturated heterocycles. The Balaban J connectivity index is 1.28. The van der Waals surface area contributed by atoms with Gasteiger partial charge in [-0.3, -0.25) is 19.7 Å². The zero-order chi connectivity index (χ0) is 47.5. The fourth-order valence-corrected chi connectivity index (χ4v) is 8.14. The number of aromatic amines is 1. The number of unbranched alkanes of at least 4 members (excludes halogenated alkanes) is 1. The summed E-state index contributed by atoms with van der Waals surface area (Å²) < 4.78 is 24.6.